The predicted molar refractivity (Wildman–Crippen MR) is 110 cm³/mol. The van der Waals surface area contributed by atoms with E-state index in [9.17, 15) is 10.1 Å². The summed E-state index contributed by atoms with van der Waals surface area (Å²) in [5.41, 5.74) is 2.05. The molecule has 1 unspecified atom stereocenters. The number of fused-ring (bicyclic) bond motifs is 3. The molecule has 0 N–H and O–H groups in total. The summed E-state index contributed by atoms with van der Waals surface area (Å²) in [5, 5.41) is 21.1. The normalized spacial score (nSPS) is 14.2. The highest BCUT2D eigenvalue weighted by Gasteiger charge is 2.24. The second-order valence-corrected chi connectivity index (χ2v) is 9.14. The van der Waals surface area contributed by atoms with Gasteiger partial charge in [0.1, 0.15) is 16.2 Å². The first-order valence-corrected chi connectivity index (χ1v) is 10.8. The van der Waals surface area contributed by atoms with E-state index in [4.69, 9.17) is 4.42 Å². The third-order valence-corrected chi connectivity index (χ3v) is 7.16. The van der Waals surface area contributed by atoms with Crippen molar-refractivity contribution in [3.8, 4) is 11.5 Å². The van der Waals surface area contributed by atoms with E-state index in [1.807, 2.05) is 6.92 Å². The van der Waals surface area contributed by atoms with E-state index in [0.29, 0.717) is 17.3 Å². The Bertz CT molecular complexity index is 1220. The summed E-state index contributed by atoms with van der Waals surface area (Å²) in [6.07, 6.45) is 5.00. The zero-order chi connectivity index (χ0) is 20.0. The number of hydrogen-bond acceptors (Lipinski definition) is 9. The standard InChI is InChI=1S/C19H15N5O3S2/c1-10(16-22-23-17(27-16)11-5-7-12(8-6-11)24(25)26)28-18-15-13-3-2-4-14(13)29-19(15)21-9-20-18/h5-10H,2-4H2,1H3. The number of aromatic nitrogens is 4. The molecule has 10 heteroatoms. The summed E-state index contributed by atoms with van der Waals surface area (Å²) in [6, 6.07) is 6.06. The lowest BCUT2D eigenvalue weighted by molar-refractivity contribution is -0.384. The van der Waals surface area contributed by atoms with E-state index in [1.165, 1.54) is 29.0 Å². The van der Waals surface area contributed by atoms with Crippen molar-refractivity contribution in [2.45, 2.75) is 36.5 Å². The lowest BCUT2D eigenvalue weighted by Gasteiger charge is -2.07. The number of thiophene rings is 1. The van der Waals surface area contributed by atoms with Gasteiger partial charge in [-0.3, -0.25) is 10.1 Å². The lowest BCUT2D eigenvalue weighted by atomic mass is 10.2. The van der Waals surface area contributed by atoms with Gasteiger partial charge in [0, 0.05) is 28.0 Å². The van der Waals surface area contributed by atoms with E-state index in [0.717, 1.165) is 28.1 Å². The summed E-state index contributed by atoms with van der Waals surface area (Å²) < 4.78 is 5.84. The summed E-state index contributed by atoms with van der Waals surface area (Å²) in [4.78, 5) is 21.8. The molecule has 0 saturated carbocycles. The topological polar surface area (TPSA) is 108 Å². The van der Waals surface area contributed by atoms with Crippen LogP contribution < -0.4 is 0 Å². The van der Waals surface area contributed by atoms with Crippen molar-refractivity contribution < 1.29 is 9.34 Å². The van der Waals surface area contributed by atoms with E-state index in [1.54, 1.807) is 41.6 Å². The first-order valence-electron chi connectivity index (χ1n) is 9.10. The third kappa shape index (κ3) is 3.28. The zero-order valence-electron chi connectivity index (χ0n) is 15.4. The second kappa shape index (κ2) is 7.20. The fourth-order valence-corrected chi connectivity index (χ4v) is 5.72. The molecule has 29 heavy (non-hydrogen) atoms. The van der Waals surface area contributed by atoms with Crippen molar-refractivity contribution in [1.82, 2.24) is 20.2 Å². The van der Waals surface area contributed by atoms with Gasteiger partial charge in [-0.15, -0.1) is 21.5 Å². The molecule has 0 fully saturated rings. The number of benzene rings is 1. The number of hydrogen-bond donors (Lipinski definition) is 0. The van der Waals surface area contributed by atoms with Gasteiger partial charge in [0.05, 0.1) is 10.2 Å². The minimum atomic E-state index is -0.439. The lowest BCUT2D eigenvalue weighted by Crippen LogP contribution is -1.92. The van der Waals surface area contributed by atoms with E-state index >= 15 is 0 Å². The van der Waals surface area contributed by atoms with Gasteiger partial charge in [-0.05, 0) is 43.9 Å². The van der Waals surface area contributed by atoms with Gasteiger partial charge in [0.15, 0.2) is 0 Å². The van der Waals surface area contributed by atoms with Crippen molar-refractivity contribution in [2.24, 2.45) is 0 Å². The molecule has 5 rings (SSSR count). The van der Waals surface area contributed by atoms with Crippen molar-refractivity contribution in [2.75, 3.05) is 0 Å². The molecule has 4 aromatic rings. The van der Waals surface area contributed by atoms with E-state index in [-0.39, 0.29) is 10.9 Å². The monoisotopic (exact) mass is 425 g/mol. The van der Waals surface area contributed by atoms with E-state index < -0.39 is 4.92 Å². The highest BCUT2D eigenvalue weighted by atomic mass is 32.2. The van der Waals surface area contributed by atoms with Crippen LogP contribution in [0.25, 0.3) is 21.7 Å². The molecule has 0 bridgehead atoms. The first kappa shape index (κ1) is 18.2. The quantitative estimate of drug-likeness (QED) is 0.190. The molecule has 1 aromatic carbocycles. The summed E-state index contributed by atoms with van der Waals surface area (Å²) in [5.74, 6) is 0.827. The maximum Gasteiger partial charge on any atom is 0.269 e. The number of thioether (sulfide) groups is 1. The average Bonchev–Trinajstić information content (AvgIpc) is 3.44. The molecule has 3 heterocycles. The molecule has 0 spiro atoms. The highest BCUT2D eigenvalue weighted by molar-refractivity contribution is 7.99. The van der Waals surface area contributed by atoms with Gasteiger partial charge in [-0.1, -0.05) is 11.8 Å². The van der Waals surface area contributed by atoms with Crippen molar-refractivity contribution in [1.29, 1.82) is 0 Å². The summed E-state index contributed by atoms with van der Waals surface area (Å²) in [6.45, 7) is 2.00. The smallest absolute Gasteiger partial charge is 0.269 e. The van der Waals surface area contributed by atoms with Crippen LogP contribution in [-0.4, -0.2) is 25.1 Å². The Labute approximate surface area is 173 Å². The van der Waals surface area contributed by atoms with Crippen LogP contribution in [0.4, 0.5) is 5.69 Å². The maximum absolute atomic E-state index is 10.8. The van der Waals surface area contributed by atoms with Gasteiger partial charge in [-0.25, -0.2) is 9.97 Å². The van der Waals surface area contributed by atoms with Gasteiger partial charge in [-0.2, -0.15) is 0 Å². The Balaban J connectivity index is 1.40. The molecule has 0 saturated heterocycles. The number of aryl methyl sites for hydroxylation is 2. The fraction of sp³-hybridized carbons (Fsp3) is 0.263. The Morgan fingerprint density at radius 2 is 2.03 bits per heavy atom. The van der Waals surface area contributed by atoms with E-state index in [2.05, 4.69) is 20.2 Å². The van der Waals surface area contributed by atoms with Crippen LogP contribution in [0, 0.1) is 10.1 Å². The van der Waals surface area contributed by atoms with Gasteiger partial charge < -0.3 is 4.42 Å². The zero-order valence-corrected chi connectivity index (χ0v) is 17.0. The highest BCUT2D eigenvalue weighted by Crippen LogP contribution is 2.43. The van der Waals surface area contributed by atoms with Crippen LogP contribution in [0.1, 0.15) is 34.9 Å². The number of non-ortho nitro benzene ring substituents is 1. The minimum absolute atomic E-state index is 0.0217. The Kier molecular flexibility index (Phi) is 4.51. The first-order chi connectivity index (χ1) is 14.1. The number of nitro benzene ring substituents is 1. The molecule has 1 atom stereocenters. The van der Waals surface area contributed by atoms with Crippen LogP contribution >= 0.6 is 23.1 Å². The fourth-order valence-electron chi connectivity index (χ4n) is 3.45. The SMILES string of the molecule is CC(Sc1ncnc2sc3c(c12)CCC3)c1nnc(-c2ccc([N+](=O)[O-])cc2)o1. The van der Waals surface area contributed by atoms with Crippen LogP contribution in [0.3, 0.4) is 0 Å². The largest absolute Gasteiger partial charge is 0.419 e. The minimum Gasteiger partial charge on any atom is -0.419 e. The molecule has 0 amide bonds. The molecular formula is C19H15N5O3S2. The average molecular weight is 425 g/mol. The Hall–Kier alpha value is -2.85. The molecule has 0 radical (unpaired) electrons. The van der Waals surface area contributed by atoms with Crippen LogP contribution in [-0.2, 0) is 12.8 Å². The third-order valence-electron chi connectivity index (χ3n) is 4.87. The number of nitro groups is 1. The molecular weight excluding hydrogens is 410 g/mol. The molecule has 1 aliphatic carbocycles. The van der Waals surface area contributed by atoms with Crippen LogP contribution in [0.2, 0.25) is 0 Å². The molecule has 146 valence electrons. The number of rotatable bonds is 5. The second-order valence-electron chi connectivity index (χ2n) is 6.73. The number of nitrogens with zero attached hydrogens (tertiary/aromatic N) is 5. The van der Waals surface area contributed by atoms with Crippen molar-refractivity contribution >= 4 is 39.0 Å². The Morgan fingerprint density at radius 1 is 1.21 bits per heavy atom. The molecule has 0 aliphatic heterocycles. The molecule has 8 nitrogen and oxygen atoms in total. The predicted octanol–water partition coefficient (Wildman–Crippen LogP) is 4.99. The van der Waals surface area contributed by atoms with Crippen molar-refractivity contribution in [3.63, 3.8) is 0 Å². The van der Waals surface area contributed by atoms with Crippen LogP contribution in [0.5, 0.6) is 0 Å². The van der Waals surface area contributed by atoms with Crippen molar-refractivity contribution in [3.05, 3.63) is 57.0 Å². The summed E-state index contributed by atoms with van der Waals surface area (Å²) >= 11 is 3.35. The van der Waals surface area contributed by atoms with Gasteiger partial charge >= 0.3 is 0 Å². The Morgan fingerprint density at radius 3 is 2.83 bits per heavy atom. The van der Waals surface area contributed by atoms with Gasteiger partial charge in [0.25, 0.3) is 5.69 Å². The molecule has 1 aliphatic rings. The summed E-state index contributed by atoms with van der Waals surface area (Å²) in [7, 11) is 0. The molecule has 3 aromatic heterocycles. The van der Waals surface area contributed by atoms with Gasteiger partial charge in [0.2, 0.25) is 11.8 Å². The van der Waals surface area contributed by atoms with Crippen LogP contribution in [0.15, 0.2) is 40.0 Å². The maximum atomic E-state index is 10.8.